The summed E-state index contributed by atoms with van der Waals surface area (Å²) in [6.45, 7) is 5.78. The fraction of sp³-hybridized carbons (Fsp3) is 1.00. The Bertz CT molecular complexity index is 541. The van der Waals surface area contributed by atoms with Gasteiger partial charge in [0.15, 0.2) is 9.84 Å². The zero-order chi connectivity index (χ0) is 25.7. The largest absolute Gasteiger partial charge is 0.379 e. The summed E-state index contributed by atoms with van der Waals surface area (Å²) in [5.41, 5.74) is 0. The predicted molar refractivity (Wildman–Crippen MR) is 147 cm³/mol. The van der Waals surface area contributed by atoms with Gasteiger partial charge in [0.2, 0.25) is 0 Å². The van der Waals surface area contributed by atoms with Gasteiger partial charge in [0.1, 0.15) is 0 Å². The van der Waals surface area contributed by atoms with Crippen LogP contribution in [0, 0.1) is 0 Å². The summed E-state index contributed by atoms with van der Waals surface area (Å²) in [6, 6.07) is 0. The molecule has 0 aliphatic rings. The molecule has 0 heterocycles. The van der Waals surface area contributed by atoms with E-state index >= 15 is 0 Å². The molecule has 0 aliphatic carbocycles. The molecule has 34 heavy (non-hydrogen) atoms. The van der Waals surface area contributed by atoms with Gasteiger partial charge in [-0.05, 0) is 19.3 Å². The van der Waals surface area contributed by atoms with Crippen molar-refractivity contribution in [2.45, 2.75) is 129 Å². The minimum Gasteiger partial charge on any atom is -0.379 e. The Labute approximate surface area is 213 Å². The summed E-state index contributed by atoms with van der Waals surface area (Å²) >= 11 is 0. The third kappa shape index (κ3) is 21.1. The van der Waals surface area contributed by atoms with Crippen LogP contribution < -0.4 is 0 Å². The second kappa shape index (κ2) is 21.0. The van der Waals surface area contributed by atoms with Gasteiger partial charge in [-0.25, -0.2) is 8.42 Å². The number of unbranched alkanes of at least 4 members (excludes halogenated alkanes) is 11. The Morgan fingerprint density at radius 3 is 1.65 bits per heavy atom. The van der Waals surface area contributed by atoms with Gasteiger partial charge in [0, 0.05) is 20.1 Å². The fourth-order valence-electron chi connectivity index (χ4n) is 4.52. The van der Waals surface area contributed by atoms with Crippen LogP contribution in [-0.4, -0.2) is 78.0 Å². The first-order valence-electron chi connectivity index (χ1n) is 14.3. The number of hydrogen-bond acceptors (Lipinski definition) is 4. The minimum absolute atomic E-state index is 0.0685. The zero-order valence-electron chi connectivity index (χ0n) is 23.8. The molecule has 0 aromatic heterocycles. The Morgan fingerprint density at radius 1 is 0.676 bits per heavy atom. The second-order valence-corrected chi connectivity index (χ2v) is 13.4. The van der Waals surface area contributed by atoms with Gasteiger partial charge in [-0.3, -0.25) is 0 Å². The van der Waals surface area contributed by atoms with Crippen LogP contribution in [0.3, 0.4) is 0 Å². The van der Waals surface area contributed by atoms with Crippen molar-refractivity contribution < 1.29 is 22.4 Å². The highest BCUT2D eigenvalue weighted by Crippen LogP contribution is 2.18. The maximum Gasteiger partial charge on any atom is 0.150 e. The highest BCUT2D eigenvalue weighted by Gasteiger charge is 2.21. The Morgan fingerprint density at radius 2 is 1.18 bits per heavy atom. The average molecular weight is 507 g/mol. The lowest BCUT2D eigenvalue weighted by molar-refractivity contribution is -0.870. The first-order chi connectivity index (χ1) is 16.1. The van der Waals surface area contributed by atoms with Gasteiger partial charge < -0.3 is 14.0 Å². The number of hydrogen-bond donors (Lipinski definition) is 0. The molecule has 0 aromatic carbocycles. The molecule has 0 saturated carbocycles. The molecule has 0 radical (unpaired) electrons. The van der Waals surface area contributed by atoms with E-state index in [0.29, 0.717) is 13.0 Å². The average Bonchev–Trinajstić information content (AvgIpc) is 2.76. The second-order valence-electron chi connectivity index (χ2n) is 11.1. The molecule has 2 atom stereocenters. The lowest BCUT2D eigenvalue weighted by Gasteiger charge is -2.25. The SMILES string of the molecule is CCCCCCCCCCCCCCC(OCCCS(=O)(=O)CCC[N+](C)(C)C)C(CC)OC. The first kappa shape index (κ1) is 33.8. The summed E-state index contributed by atoms with van der Waals surface area (Å²) in [6.07, 6.45) is 19.5. The third-order valence-electron chi connectivity index (χ3n) is 6.68. The summed E-state index contributed by atoms with van der Waals surface area (Å²) in [7, 11) is 5.04. The third-order valence-corrected chi connectivity index (χ3v) is 8.50. The topological polar surface area (TPSA) is 52.6 Å². The van der Waals surface area contributed by atoms with E-state index in [9.17, 15) is 8.42 Å². The van der Waals surface area contributed by atoms with Crippen molar-refractivity contribution in [2.24, 2.45) is 0 Å². The molecule has 5 nitrogen and oxygen atoms in total. The summed E-state index contributed by atoms with van der Waals surface area (Å²) in [5.74, 6) is 0.500. The monoisotopic (exact) mass is 506 g/mol. The highest BCUT2D eigenvalue weighted by atomic mass is 32.2. The van der Waals surface area contributed by atoms with E-state index in [4.69, 9.17) is 9.47 Å². The molecule has 0 aliphatic heterocycles. The molecule has 0 rings (SSSR count). The van der Waals surface area contributed by atoms with Crippen LogP contribution in [0.1, 0.15) is 117 Å². The molecular formula is C28H60NO4S+. The molecule has 6 heteroatoms. The van der Waals surface area contributed by atoms with Crippen molar-refractivity contribution in [3.05, 3.63) is 0 Å². The van der Waals surface area contributed by atoms with Crippen molar-refractivity contribution in [2.75, 3.05) is 52.9 Å². The predicted octanol–water partition coefficient (Wildman–Crippen LogP) is 6.79. The highest BCUT2D eigenvalue weighted by molar-refractivity contribution is 7.91. The molecule has 206 valence electrons. The van der Waals surface area contributed by atoms with Gasteiger partial charge in [-0.2, -0.15) is 0 Å². The number of quaternary nitrogens is 1. The molecule has 2 unspecified atom stereocenters. The van der Waals surface area contributed by atoms with Gasteiger partial charge >= 0.3 is 0 Å². The lowest BCUT2D eigenvalue weighted by atomic mass is 10.0. The van der Waals surface area contributed by atoms with Crippen LogP contribution in [-0.2, 0) is 19.3 Å². The number of rotatable bonds is 25. The lowest BCUT2D eigenvalue weighted by Crippen LogP contribution is -2.36. The van der Waals surface area contributed by atoms with Gasteiger partial charge in [-0.1, -0.05) is 90.9 Å². The molecule has 0 aromatic rings. The van der Waals surface area contributed by atoms with Crippen molar-refractivity contribution in [3.8, 4) is 0 Å². The first-order valence-corrected chi connectivity index (χ1v) is 16.1. The number of ether oxygens (including phenoxy) is 2. The molecule has 0 saturated heterocycles. The van der Waals surface area contributed by atoms with Crippen LogP contribution in [0.2, 0.25) is 0 Å². The Hall–Kier alpha value is -0.170. The number of nitrogens with zero attached hydrogens (tertiary/aromatic N) is 1. The molecule has 0 spiro atoms. The number of sulfone groups is 1. The molecule has 0 fully saturated rings. The van der Waals surface area contributed by atoms with Gasteiger partial charge in [0.05, 0.1) is 51.4 Å². The van der Waals surface area contributed by atoms with Crippen LogP contribution in [0.15, 0.2) is 0 Å². The standard InChI is InChI=1S/C28H60NO4S/c1-7-9-10-11-12-13-14-15-16-17-18-19-22-28(27(8-2)32-6)33-24-21-26-34(30,31)25-20-23-29(3,4)5/h27-28H,7-26H2,1-6H3/q+1. The van der Waals surface area contributed by atoms with E-state index in [1.165, 1.54) is 70.6 Å². The fourth-order valence-corrected chi connectivity index (χ4v) is 5.85. The maximum absolute atomic E-state index is 12.3. The zero-order valence-corrected chi connectivity index (χ0v) is 24.6. The quantitative estimate of drug-likeness (QED) is 0.101. The normalized spacial score (nSPS) is 14.4. The van der Waals surface area contributed by atoms with Crippen molar-refractivity contribution >= 4 is 9.84 Å². The summed E-state index contributed by atoms with van der Waals surface area (Å²) in [4.78, 5) is 0. The molecule has 0 bridgehead atoms. The van der Waals surface area contributed by atoms with E-state index in [-0.39, 0.29) is 23.7 Å². The van der Waals surface area contributed by atoms with E-state index in [1.54, 1.807) is 7.11 Å². The summed E-state index contributed by atoms with van der Waals surface area (Å²) in [5, 5.41) is 0. The van der Waals surface area contributed by atoms with Gasteiger partial charge in [-0.15, -0.1) is 0 Å². The van der Waals surface area contributed by atoms with E-state index < -0.39 is 9.84 Å². The van der Waals surface area contributed by atoms with Crippen LogP contribution in [0.5, 0.6) is 0 Å². The van der Waals surface area contributed by atoms with Crippen molar-refractivity contribution in [1.82, 2.24) is 0 Å². The van der Waals surface area contributed by atoms with E-state index in [0.717, 1.165) is 36.7 Å². The van der Waals surface area contributed by atoms with E-state index in [2.05, 4.69) is 35.0 Å². The van der Waals surface area contributed by atoms with Crippen LogP contribution in [0.4, 0.5) is 0 Å². The summed E-state index contributed by atoms with van der Waals surface area (Å²) < 4.78 is 37.2. The smallest absolute Gasteiger partial charge is 0.150 e. The minimum atomic E-state index is -2.99. The van der Waals surface area contributed by atoms with Crippen LogP contribution >= 0.6 is 0 Å². The van der Waals surface area contributed by atoms with Gasteiger partial charge in [0.25, 0.3) is 0 Å². The Balaban J connectivity index is 4.02. The Kier molecular flexibility index (Phi) is 20.9. The van der Waals surface area contributed by atoms with Crippen molar-refractivity contribution in [3.63, 3.8) is 0 Å². The maximum atomic E-state index is 12.3. The van der Waals surface area contributed by atoms with Crippen LogP contribution in [0.25, 0.3) is 0 Å². The number of methoxy groups -OCH3 is 1. The van der Waals surface area contributed by atoms with Crippen molar-refractivity contribution in [1.29, 1.82) is 0 Å². The molecular weight excluding hydrogens is 446 g/mol. The molecule has 0 N–H and O–H groups in total. The van der Waals surface area contributed by atoms with E-state index in [1.807, 2.05) is 0 Å². The molecule has 0 amide bonds.